The highest BCUT2D eigenvalue weighted by molar-refractivity contribution is 6.03. The van der Waals surface area contributed by atoms with Crippen LogP contribution < -0.4 is 10.9 Å². The molecule has 0 unspecified atom stereocenters. The van der Waals surface area contributed by atoms with Crippen LogP contribution in [0.3, 0.4) is 0 Å². The summed E-state index contributed by atoms with van der Waals surface area (Å²) in [6.45, 7) is 2.13. The fourth-order valence-electron chi connectivity index (χ4n) is 3.67. The first-order valence-corrected chi connectivity index (χ1v) is 10.4. The van der Waals surface area contributed by atoms with E-state index in [9.17, 15) is 9.59 Å². The number of rotatable bonds is 7. The molecule has 158 valence electrons. The highest BCUT2D eigenvalue weighted by atomic mass is 16.2. The molecule has 7 heteroatoms. The smallest absolute Gasteiger partial charge is 0.273 e. The molecule has 0 radical (unpaired) electrons. The van der Waals surface area contributed by atoms with Crippen molar-refractivity contribution in [1.82, 2.24) is 20.0 Å². The van der Waals surface area contributed by atoms with Gasteiger partial charge >= 0.3 is 0 Å². The van der Waals surface area contributed by atoms with Crippen LogP contribution in [0.2, 0.25) is 0 Å². The Hall–Kier alpha value is -3.74. The number of fused-ring (bicyclic) bond motifs is 1. The van der Waals surface area contributed by atoms with Crippen molar-refractivity contribution < 1.29 is 4.79 Å². The Bertz CT molecular complexity index is 1290. The van der Waals surface area contributed by atoms with Gasteiger partial charge in [0.25, 0.3) is 11.5 Å². The summed E-state index contributed by atoms with van der Waals surface area (Å²) in [6, 6.07) is 16.9. The van der Waals surface area contributed by atoms with Gasteiger partial charge in [0, 0.05) is 24.5 Å². The average Bonchev–Trinajstić information content (AvgIpc) is 3.15. The lowest BCUT2D eigenvalue weighted by molar-refractivity contribution is 0.101. The van der Waals surface area contributed by atoms with Crippen LogP contribution >= 0.6 is 0 Å². The zero-order valence-corrected chi connectivity index (χ0v) is 17.7. The molecule has 0 fully saturated rings. The summed E-state index contributed by atoms with van der Waals surface area (Å²) in [7, 11) is 1.79. The highest BCUT2D eigenvalue weighted by Crippen LogP contribution is 2.19. The van der Waals surface area contributed by atoms with Gasteiger partial charge in [0.1, 0.15) is 5.69 Å². The minimum absolute atomic E-state index is 0.192. The topological polar surface area (TPSA) is 92.7 Å². The zero-order valence-electron chi connectivity index (χ0n) is 17.7. The van der Waals surface area contributed by atoms with Crippen LogP contribution in [0.5, 0.6) is 0 Å². The van der Waals surface area contributed by atoms with Crippen molar-refractivity contribution in [2.24, 2.45) is 7.05 Å². The third-order valence-electron chi connectivity index (χ3n) is 5.28. The van der Waals surface area contributed by atoms with E-state index in [1.165, 1.54) is 0 Å². The molecule has 0 atom stereocenters. The van der Waals surface area contributed by atoms with Gasteiger partial charge in [0.05, 0.1) is 16.8 Å². The molecule has 0 saturated carbocycles. The molecule has 7 nitrogen and oxygen atoms in total. The number of H-pyrrole nitrogens is 1. The molecule has 4 rings (SSSR count). The standard InChI is InChI=1S/C24H25N5O2/c1-3-4-9-18-15-22(29(2)28-18)24(31)25-17-10-7-8-16(13-17)14-21-19-11-5-6-12-20(19)23(30)27-26-21/h5-8,10-13,15H,3-4,9,14H2,1-2H3,(H,25,31)(H,27,30). The lowest BCUT2D eigenvalue weighted by Crippen LogP contribution is -2.16. The van der Waals surface area contributed by atoms with Gasteiger partial charge in [-0.25, -0.2) is 5.10 Å². The summed E-state index contributed by atoms with van der Waals surface area (Å²) >= 11 is 0. The number of aromatic nitrogens is 4. The maximum atomic E-state index is 12.8. The van der Waals surface area contributed by atoms with E-state index in [2.05, 4.69) is 27.5 Å². The molecule has 0 bridgehead atoms. The van der Waals surface area contributed by atoms with Crippen LogP contribution in [0.15, 0.2) is 59.4 Å². The third-order valence-corrected chi connectivity index (χ3v) is 5.28. The number of unbranched alkanes of at least 4 members (excludes halogenated alkanes) is 1. The van der Waals surface area contributed by atoms with Crippen LogP contribution in [0, 0.1) is 0 Å². The minimum atomic E-state index is -0.199. The first kappa shape index (κ1) is 20.5. The van der Waals surface area contributed by atoms with Gasteiger partial charge < -0.3 is 5.32 Å². The molecular formula is C24H25N5O2. The van der Waals surface area contributed by atoms with E-state index in [0.29, 0.717) is 23.2 Å². The number of hydrogen-bond acceptors (Lipinski definition) is 4. The first-order valence-electron chi connectivity index (χ1n) is 10.4. The number of benzene rings is 2. The van der Waals surface area contributed by atoms with Crippen molar-refractivity contribution >= 4 is 22.4 Å². The van der Waals surface area contributed by atoms with E-state index in [-0.39, 0.29) is 11.5 Å². The van der Waals surface area contributed by atoms with E-state index >= 15 is 0 Å². The quantitative estimate of drug-likeness (QED) is 0.480. The Balaban J connectivity index is 1.53. The Morgan fingerprint density at radius 3 is 2.71 bits per heavy atom. The minimum Gasteiger partial charge on any atom is -0.321 e. The second kappa shape index (κ2) is 8.95. The second-order valence-corrected chi connectivity index (χ2v) is 7.62. The van der Waals surface area contributed by atoms with Gasteiger partial charge in [-0.3, -0.25) is 14.3 Å². The van der Waals surface area contributed by atoms with Crippen LogP contribution in [0.4, 0.5) is 5.69 Å². The molecule has 0 aliphatic rings. The van der Waals surface area contributed by atoms with Gasteiger partial charge in [-0.15, -0.1) is 0 Å². The van der Waals surface area contributed by atoms with Crippen molar-refractivity contribution in [1.29, 1.82) is 0 Å². The Morgan fingerprint density at radius 2 is 1.90 bits per heavy atom. The molecule has 1 amide bonds. The molecule has 2 aromatic carbocycles. The van der Waals surface area contributed by atoms with E-state index < -0.39 is 0 Å². The van der Waals surface area contributed by atoms with E-state index in [0.717, 1.165) is 41.6 Å². The summed E-state index contributed by atoms with van der Waals surface area (Å²) in [5.41, 5.74) is 3.73. The van der Waals surface area contributed by atoms with Crippen molar-refractivity contribution in [3.8, 4) is 0 Å². The number of aryl methyl sites for hydroxylation is 2. The summed E-state index contributed by atoms with van der Waals surface area (Å²) in [5, 5.41) is 15.7. The van der Waals surface area contributed by atoms with E-state index in [4.69, 9.17) is 0 Å². The number of nitrogens with one attached hydrogen (secondary N) is 2. The number of hydrogen-bond donors (Lipinski definition) is 2. The number of amides is 1. The summed E-state index contributed by atoms with van der Waals surface area (Å²) in [5.74, 6) is -0.192. The number of carbonyl (C=O) groups excluding carboxylic acids is 1. The lowest BCUT2D eigenvalue weighted by Gasteiger charge is -2.09. The Labute approximate surface area is 180 Å². The lowest BCUT2D eigenvalue weighted by atomic mass is 10.0. The maximum absolute atomic E-state index is 12.8. The Kier molecular flexibility index (Phi) is 5.93. The largest absolute Gasteiger partial charge is 0.321 e. The number of anilines is 1. The van der Waals surface area contributed by atoms with Crippen molar-refractivity contribution in [3.63, 3.8) is 0 Å². The molecule has 0 aliphatic heterocycles. The normalized spacial score (nSPS) is 11.0. The van der Waals surface area contributed by atoms with Crippen LogP contribution in [0.1, 0.15) is 47.2 Å². The van der Waals surface area contributed by atoms with Crippen molar-refractivity contribution in [3.05, 3.63) is 87.6 Å². The Morgan fingerprint density at radius 1 is 1.10 bits per heavy atom. The van der Waals surface area contributed by atoms with Crippen LogP contribution in [-0.2, 0) is 19.9 Å². The summed E-state index contributed by atoms with van der Waals surface area (Å²) in [4.78, 5) is 24.8. The SMILES string of the molecule is CCCCc1cc(C(=O)Nc2cccc(Cc3n[nH]c(=O)c4ccccc34)c2)n(C)n1. The number of carbonyl (C=O) groups is 1. The third kappa shape index (κ3) is 4.55. The van der Waals surface area contributed by atoms with E-state index in [1.54, 1.807) is 17.8 Å². The number of aromatic amines is 1. The number of nitrogens with zero attached hydrogens (tertiary/aromatic N) is 3. The zero-order chi connectivity index (χ0) is 21.8. The monoisotopic (exact) mass is 415 g/mol. The maximum Gasteiger partial charge on any atom is 0.273 e. The van der Waals surface area contributed by atoms with Crippen LogP contribution in [0.25, 0.3) is 10.8 Å². The van der Waals surface area contributed by atoms with Gasteiger partial charge in [-0.1, -0.05) is 43.7 Å². The molecule has 2 heterocycles. The summed E-state index contributed by atoms with van der Waals surface area (Å²) < 4.78 is 1.63. The van der Waals surface area contributed by atoms with Gasteiger partial charge in [-0.2, -0.15) is 10.2 Å². The van der Waals surface area contributed by atoms with Crippen molar-refractivity contribution in [2.75, 3.05) is 5.32 Å². The van der Waals surface area contributed by atoms with Gasteiger partial charge in [0.15, 0.2) is 0 Å². The molecule has 4 aromatic rings. The van der Waals surface area contributed by atoms with Gasteiger partial charge in [0.2, 0.25) is 0 Å². The fourth-order valence-corrected chi connectivity index (χ4v) is 3.67. The fraction of sp³-hybridized carbons (Fsp3) is 0.250. The molecule has 2 aromatic heterocycles. The molecule has 2 N–H and O–H groups in total. The van der Waals surface area contributed by atoms with Gasteiger partial charge in [-0.05, 0) is 42.7 Å². The molecule has 0 spiro atoms. The molecule has 0 saturated heterocycles. The predicted octanol–water partition coefficient (Wildman–Crippen LogP) is 3.84. The molecule has 31 heavy (non-hydrogen) atoms. The first-order chi connectivity index (χ1) is 15.0. The average molecular weight is 415 g/mol. The highest BCUT2D eigenvalue weighted by Gasteiger charge is 2.14. The van der Waals surface area contributed by atoms with Crippen molar-refractivity contribution in [2.45, 2.75) is 32.6 Å². The second-order valence-electron chi connectivity index (χ2n) is 7.62. The van der Waals surface area contributed by atoms with Crippen LogP contribution in [-0.4, -0.2) is 25.9 Å². The molecule has 0 aliphatic carbocycles. The van der Waals surface area contributed by atoms with E-state index in [1.807, 2.05) is 48.5 Å². The molecular weight excluding hydrogens is 390 g/mol. The predicted molar refractivity (Wildman–Crippen MR) is 121 cm³/mol. The summed E-state index contributed by atoms with van der Waals surface area (Å²) in [6.07, 6.45) is 3.54.